The molecule has 2 aromatic heterocycles. The number of aromatic amines is 1. The van der Waals surface area contributed by atoms with Gasteiger partial charge in [0.15, 0.2) is 0 Å². The predicted molar refractivity (Wildman–Crippen MR) is 75.8 cm³/mol. The topological polar surface area (TPSA) is 52.5 Å². The lowest BCUT2D eigenvalue weighted by Gasteiger charge is -1.96. The molecule has 0 fully saturated rings. The highest BCUT2D eigenvalue weighted by molar-refractivity contribution is 6.09. The van der Waals surface area contributed by atoms with Gasteiger partial charge in [0.05, 0.1) is 17.1 Å². The Kier molecular flexibility index (Phi) is 1.89. The number of nitrogens with one attached hydrogen (secondary N) is 1. The second kappa shape index (κ2) is 3.56. The Morgan fingerprint density at radius 1 is 1.00 bits per heavy atom. The molecule has 0 bridgehead atoms. The quantitative estimate of drug-likeness (QED) is 0.511. The van der Waals surface area contributed by atoms with Crippen LogP contribution in [0.25, 0.3) is 32.8 Å². The van der Waals surface area contributed by atoms with E-state index < -0.39 is 0 Å². The molecule has 0 atom stereocenters. The number of nitrogens with zero attached hydrogens (tertiary/aromatic N) is 2. The number of fused-ring (bicyclic) bond motifs is 4. The number of nitriles is 1. The molecule has 0 aliphatic heterocycles. The van der Waals surface area contributed by atoms with E-state index in [1.54, 1.807) is 0 Å². The van der Waals surface area contributed by atoms with Gasteiger partial charge < -0.3 is 4.98 Å². The van der Waals surface area contributed by atoms with Gasteiger partial charge in [0.1, 0.15) is 5.65 Å². The lowest BCUT2D eigenvalue weighted by Crippen LogP contribution is -1.79. The van der Waals surface area contributed by atoms with Gasteiger partial charge in [-0.2, -0.15) is 5.26 Å². The molecule has 88 valence electrons. The zero-order valence-corrected chi connectivity index (χ0v) is 10.0. The highest BCUT2D eigenvalue weighted by Crippen LogP contribution is 2.27. The number of benzene rings is 2. The van der Waals surface area contributed by atoms with Crippen LogP contribution in [-0.4, -0.2) is 9.97 Å². The number of H-pyrrole nitrogens is 1. The first-order chi connectivity index (χ1) is 9.35. The zero-order valence-electron chi connectivity index (χ0n) is 10.0. The van der Waals surface area contributed by atoms with Crippen LogP contribution in [0.2, 0.25) is 0 Å². The van der Waals surface area contributed by atoms with Crippen molar-refractivity contribution in [1.29, 1.82) is 5.26 Å². The molecule has 0 radical (unpaired) electrons. The second-order valence-corrected chi connectivity index (χ2v) is 4.57. The molecule has 0 saturated heterocycles. The summed E-state index contributed by atoms with van der Waals surface area (Å²) in [5.74, 6) is 0. The van der Waals surface area contributed by atoms with Gasteiger partial charge in [-0.25, -0.2) is 4.98 Å². The van der Waals surface area contributed by atoms with E-state index in [2.05, 4.69) is 28.2 Å². The zero-order chi connectivity index (χ0) is 12.8. The molecule has 3 heteroatoms. The SMILES string of the molecule is N#Cc1ccc2c(c1)[nH]c1nc3ccccc3cc12. The molecule has 2 aromatic carbocycles. The van der Waals surface area contributed by atoms with Crippen LogP contribution in [0.5, 0.6) is 0 Å². The Balaban J connectivity index is 2.19. The average molecular weight is 243 g/mol. The summed E-state index contributed by atoms with van der Waals surface area (Å²) in [5.41, 5.74) is 3.45. The number of hydrogen-bond acceptors (Lipinski definition) is 2. The molecule has 19 heavy (non-hydrogen) atoms. The third kappa shape index (κ3) is 1.40. The number of aromatic nitrogens is 2. The van der Waals surface area contributed by atoms with Crippen LogP contribution in [0, 0.1) is 11.3 Å². The smallest absolute Gasteiger partial charge is 0.139 e. The van der Waals surface area contributed by atoms with Crippen LogP contribution in [0.15, 0.2) is 48.5 Å². The monoisotopic (exact) mass is 243 g/mol. The van der Waals surface area contributed by atoms with Gasteiger partial charge in [-0.1, -0.05) is 24.3 Å². The normalized spacial score (nSPS) is 11.1. The van der Waals surface area contributed by atoms with Crippen LogP contribution in [0.1, 0.15) is 5.56 Å². The van der Waals surface area contributed by atoms with Crippen molar-refractivity contribution >= 4 is 32.8 Å². The molecular weight excluding hydrogens is 234 g/mol. The summed E-state index contributed by atoms with van der Waals surface area (Å²) in [7, 11) is 0. The first kappa shape index (κ1) is 10.1. The van der Waals surface area contributed by atoms with E-state index >= 15 is 0 Å². The Morgan fingerprint density at radius 3 is 2.79 bits per heavy atom. The van der Waals surface area contributed by atoms with Crippen molar-refractivity contribution < 1.29 is 0 Å². The molecule has 0 aliphatic carbocycles. The van der Waals surface area contributed by atoms with E-state index in [1.807, 2.05) is 36.4 Å². The molecule has 2 heterocycles. The molecule has 0 amide bonds. The summed E-state index contributed by atoms with van der Waals surface area (Å²) in [6.07, 6.45) is 0. The third-order valence-corrected chi connectivity index (χ3v) is 3.42. The molecular formula is C16H9N3. The molecule has 0 aliphatic rings. The van der Waals surface area contributed by atoms with Crippen molar-refractivity contribution in [2.45, 2.75) is 0 Å². The second-order valence-electron chi connectivity index (χ2n) is 4.57. The summed E-state index contributed by atoms with van der Waals surface area (Å²) >= 11 is 0. The first-order valence-corrected chi connectivity index (χ1v) is 6.06. The van der Waals surface area contributed by atoms with Crippen LogP contribution >= 0.6 is 0 Å². The van der Waals surface area contributed by atoms with E-state index in [1.165, 1.54) is 0 Å². The highest BCUT2D eigenvalue weighted by atomic mass is 14.9. The molecule has 0 unspecified atom stereocenters. The number of hydrogen-bond donors (Lipinski definition) is 1. The Hall–Kier alpha value is -2.86. The average Bonchev–Trinajstić information content (AvgIpc) is 2.81. The van der Waals surface area contributed by atoms with Crippen LogP contribution in [0.4, 0.5) is 0 Å². The number of rotatable bonds is 0. The fourth-order valence-corrected chi connectivity index (χ4v) is 2.50. The molecule has 0 saturated carbocycles. The van der Waals surface area contributed by atoms with Crippen molar-refractivity contribution in [2.24, 2.45) is 0 Å². The molecule has 0 spiro atoms. The summed E-state index contributed by atoms with van der Waals surface area (Å²) in [6.45, 7) is 0. The lowest BCUT2D eigenvalue weighted by atomic mass is 10.1. The van der Waals surface area contributed by atoms with Crippen molar-refractivity contribution in [3.63, 3.8) is 0 Å². The Labute approximate surface area is 109 Å². The van der Waals surface area contributed by atoms with E-state index in [0.717, 1.165) is 32.8 Å². The number of para-hydroxylation sites is 1. The number of pyridine rings is 1. The summed E-state index contributed by atoms with van der Waals surface area (Å²) in [4.78, 5) is 7.91. The lowest BCUT2D eigenvalue weighted by molar-refractivity contribution is 1.40. The van der Waals surface area contributed by atoms with E-state index in [9.17, 15) is 0 Å². The van der Waals surface area contributed by atoms with Gasteiger partial charge in [0.25, 0.3) is 0 Å². The van der Waals surface area contributed by atoms with E-state index in [4.69, 9.17) is 5.26 Å². The Morgan fingerprint density at radius 2 is 1.89 bits per heavy atom. The van der Waals surface area contributed by atoms with Crippen LogP contribution < -0.4 is 0 Å². The van der Waals surface area contributed by atoms with Gasteiger partial charge >= 0.3 is 0 Å². The van der Waals surface area contributed by atoms with E-state index in [0.29, 0.717) is 5.56 Å². The van der Waals surface area contributed by atoms with Crippen LogP contribution in [0.3, 0.4) is 0 Å². The molecule has 4 rings (SSSR count). The maximum atomic E-state index is 8.95. The van der Waals surface area contributed by atoms with Crippen molar-refractivity contribution in [1.82, 2.24) is 9.97 Å². The first-order valence-electron chi connectivity index (χ1n) is 6.06. The maximum Gasteiger partial charge on any atom is 0.139 e. The summed E-state index contributed by atoms with van der Waals surface area (Å²) in [6, 6.07) is 18.0. The predicted octanol–water partition coefficient (Wildman–Crippen LogP) is 3.74. The van der Waals surface area contributed by atoms with Gasteiger partial charge in [0, 0.05) is 21.7 Å². The molecule has 3 nitrogen and oxygen atoms in total. The van der Waals surface area contributed by atoms with Crippen molar-refractivity contribution in [3.8, 4) is 6.07 Å². The fraction of sp³-hybridized carbons (Fsp3) is 0. The van der Waals surface area contributed by atoms with Crippen LogP contribution in [-0.2, 0) is 0 Å². The summed E-state index contributed by atoms with van der Waals surface area (Å²) < 4.78 is 0. The van der Waals surface area contributed by atoms with Gasteiger partial charge in [-0.3, -0.25) is 0 Å². The largest absolute Gasteiger partial charge is 0.339 e. The van der Waals surface area contributed by atoms with Gasteiger partial charge in [-0.15, -0.1) is 0 Å². The minimum absolute atomic E-state index is 0.656. The Bertz CT molecular complexity index is 974. The highest BCUT2D eigenvalue weighted by Gasteiger charge is 2.07. The van der Waals surface area contributed by atoms with Crippen molar-refractivity contribution in [3.05, 3.63) is 54.1 Å². The maximum absolute atomic E-state index is 8.95. The van der Waals surface area contributed by atoms with Gasteiger partial charge in [-0.05, 0) is 24.3 Å². The van der Waals surface area contributed by atoms with Gasteiger partial charge in [0.2, 0.25) is 0 Å². The fourth-order valence-electron chi connectivity index (χ4n) is 2.50. The minimum atomic E-state index is 0.656. The minimum Gasteiger partial charge on any atom is -0.339 e. The third-order valence-electron chi connectivity index (χ3n) is 3.42. The standard InChI is InChI=1S/C16H9N3/c17-9-10-5-6-12-13-8-11-3-1-2-4-14(11)18-16(13)19-15(12)7-10/h1-8H,(H,18,19). The summed E-state index contributed by atoms with van der Waals surface area (Å²) in [5, 5.41) is 12.3. The molecule has 4 aromatic rings. The molecule has 1 N–H and O–H groups in total. The van der Waals surface area contributed by atoms with E-state index in [-0.39, 0.29) is 0 Å². The van der Waals surface area contributed by atoms with Crippen molar-refractivity contribution in [2.75, 3.05) is 0 Å².